The number of hydrogen-bond acceptors (Lipinski definition) is 6. The van der Waals surface area contributed by atoms with E-state index in [1.54, 1.807) is 13.0 Å². The molecule has 188 valence electrons. The van der Waals surface area contributed by atoms with Crippen molar-refractivity contribution in [2.24, 2.45) is 5.92 Å². The quantitative estimate of drug-likeness (QED) is 0.334. The monoisotopic (exact) mass is 495 g/mol. The zero-order valence-electron chi connectivity index (χ0n) is 21.1. The average molecular weight is 496 g/mol. The second kappa shape index (κ2) is 11.4. The van der Waals surface area contributed by atoms with E-state index in [1.165, 1.54) is 11.3 Å². The second-order valence-corrected chi connectivity index (χ2v) is 10.4. The zero-order valence-corrected chi connectivity index (χ0v) is 21.9. The van der Waals surface area contributed by atoms with Crippen LogP contribution in [0.15, 0.2) is 42.5 Å². The van der Waals surface area contributed by atoms with Crippen LogP contribution in [0.3, 0.4) is 0 Å². The Balaban J connectivity index is 1.20. The van der Waals surface area contributed by atoms with Gasteiger partial charge in [-0.2, -0.15) is 0 Å². The van der Waals surface area contributed by atoms with Crippen LogP contribution in [-0.2, 0) is 0 Å². The number of hydrogen-bond donors (Lipinski definition) is 1. The Morgan fingerprint density at radius 2 is 1.71 bits per heavy atom. The number of nitro benzene ring substituents is 1. The van der Waals surface area contributed by atoms with Gasteiger partial charge in [-0.25, -0.2) is 0 Å². The molecule has 2 fully saturated rings. The summed E-state index contributed by atoms with van der Waals surface area (Å²) in [4.78, 5) is 19.2. The summed E-state index contributed by atoms with van der Waals surface area (Å²) in [6, 6.07) is 14.5. The average Bonchev–Trinajstić information content (AvgIpc) is 2.85. The van der Waals surface area contributed by atoms with Crippen LogP contribution in [0.2, 0.25) is 0 Å². The molecule has 2 saturated heterocycles. The Hall–Kier alpha value is -2.71. The van der Waals surface area contributed by atoms with E-state index in [4.69, 9.17) is 12.2 Å². The number of aryl methyl sites for hydroxylation is 2. The lowest BCUT2D eigenvalue weighted by Gasteiger charge is -2.39. The molecular formula is C27H37N5O2S. The molecule has 0 amide bonds. The summed E-state index contributed by atoms with van der Waals surface area (Å²) in [7, 11) is 0. The van der Waals surface area contributed by atoms with Crippen molar-refractivity contribution in [3.8, 4) is 0 Å². The highest BCUT2D eigenvalue weighted by Crippen LogP contribution is 2.25. The number of nitro groups is 1. The van der Waals surface area contributed by atoms with Gasteiger partial charge in [0.1, 0.15) is 0 Å². The molecule has 0 radical (unpaired) electrons. The van der Waals surface area contributed by atoms with Gasteiger partial charge in [0.2, 0.25) is 0 Å². The minimum Gasteiger partial charge on any atom is -0.382 e. The van der Waals surface area contributed by atoms with E-state index in [-0.39, 0.29) is 10.6 Å². The maximum Gasteiger partial charge on any atom is 0.272 e. The predicted octanol–water partition coefficient (Wildman–Crippen LogP) is 4.87. The third-order valence-corrected chi connectivity index (χ3v) is 7.96. The van der Waals surface area contributed by atoms with Gasteiger partial charge in [-0.15, -0.1) is 0 Å². The molecule has 7 nitrogen and oxygen atoms in total. The molecule has 0 bridgehead atoms. The molecular weight excluding hydrogens is 458 g/mol. The van der Waals surface area contributed by atoms with E-state index in [2.05, 4.69) is 58.1 Å². The summed E-state index contributed by atoms with van der Waals surface area (Å²) < 4.78 is 0. The first-order valence-electron chi connectivity index (χ1n) is 12.6. The summed E-state index contributed by atoms with van der Waals surface area (Å²) in [6.45, 7) is 13.4. The van der Waals surface area contributed by atoms with Crippen LogP contribution in [-0.4, -0.2) is 71.6 Å². The normalized spacial score (nSPS) is 18.4. The van der Waals surface area contributed by atoms with Crippen molar-refractivity contribution in [3.05, 3.63) is 63.7 Å². The summed E-state index contributed by atoms with van der Waals surface area (Å²) >= 11 is 5.91. The molecule has 1 N–H and O–H groups in total. The maximum atomic E-state index is 11.0. The van der Waals surface area contributed by atoms with E-state index >= 15 is 0 Å². The number of likely N-dealkylation sites (tertiary alicyclic amines) is 1. The lowest BCUT2D eigenvalue weighted by molar-refractivity contribution is -0.385. The molecule has 8 heteroatoms. The fraction of sp³-hybridized carbons (Fsp3) is 0.519. The largest absolute Gasteiger partial charge is 0.382 e. The highest BCUT2D eigenvalue weighted by atomic mass is 32.1. The second-order valence-electron chi connectivity index (χ2n) is 10.0. The molecule has 4 rings (SSSR count). The third kappa shape index (κ3) is 6.49. The van der Waals surface area contributed by atoms with Crippen molar-refractivity contribution in [2.75, 3.05) is 56.0 Å². The van der Waals surface area contributed by atoms with Crippen LogP contribution in [0.25, 0.3) is 0 Å². The predicted molar refractivity (Wildman–Crippen MR) is 148 cm³/mol. The summed E-state index contributed by atoms with van der Waals surface area (Å²) in [5.41, 5.74) is 4.43. The molecule has 2 aromatic carbocycles. The third-order valence-electron chi connectivity index (χ3n) is 7.30. The topological polar surface area (TPSA) is 64.9 Å². The Morgan fingerprint density at radius 3 is 2.31 bits per heavy atom. The lowest BCUT2D eigenvalue weighted by Crippen LogP contribution is -2.50. The summed E-state index contributed by atoms with van der Waals surface area (Å²) in [5.74, 6) is 0.359. The van der Waals surface area contributed by atoms with Crippen LogP contribution in [0.1, 0.15) is 30.9 Å². The smallest absolute Gasteiger partial charge is 0.272 e. The van der Waals surface area contributed by atoms with Gasteiger partial charge >= 0.3 is 0 Å². The lowest BCUT2D eigenvalue weighted by atomic mass is 10.0. The number of nitrogens with zero attached hydrogens (tertiary/aromatic N) is 4. The van der Waals surface area contributed by atoms with E-state index in [1.807, 2.05) is 12.1 Å². The number of piperazine rings is 1. The molecule has 2 aliphatic heterocycles. The van der Waals surface area contributed by atoms with Gasteiger partial charge in [0.05, 0.1) is 9.91 Å². The van der Waals surface area contributed by atoms with Gasteiger partial charge < -0.3 is 15.1 Å². The molecule has 2 aliphatic rings. The van der Waals surface area contributed by atoms with Gasteiger partial charge in [0.15, 0.2) is 0 Å². The van der Waals surface area contributed by atoms with Crippen molar-refractivity contribution in [3.63, 3.8) is 0 Å². The summed E-state index contributed by atoms with van der Waals surface area (Å²) in [5, 5.41) is 14.6. The minimum atomic E-state index is -0.330. The minimum absolute atomic E-state index is 0.168. The van der Waals surface area contributed by atoms with Gasteiger partial charge in [-0.1, -0.05) is 36.8 Å². The van der Waals surface area contributed by atoms with Crippen molar-refractivity contribution in [2.45, 2.75) is 39.7 Å². The SMILES string of the molecule is Cc1ccc(N2CCN(CC(C)C(=S)N3CCC(Nc4ccc([N+](=O)[O-])c(C)c4)CC3)CC2)cc1. The number of rotatable bonds is 7. The van der Waals surface area contributed by atoms with Crippen LogP contribution in [0.5, 0.6) is 0 Å². The molecule has 2 heterocycles. The van der Waals surface area contributed by atoms with Crippen molar-refractivity contribution in [1.82, 2.24) is 9.80 Å². The van der Waals surface area contributed by atoms with E-state index in [9.17, 15) is 10.1 Å². The highest BCUT2D eigenvalue weighted by molar-refractivity contribution is 7.80. The van der Waals surface area contributed by atoms with E-state index in [0.29, 0.717) is 17.5 Å². The fourth-order valence-corrected chi connectivity index (χ4v) is 5.41. The molecule has 1 atom stereocenters. The first kappa shape index (κ1) is 25.4. The molecule has 0 aromatic heterocycles. The van der Waals surface area contributed by atoms with Crippen LogP contribution in [0, 0.1) is 29.9 Å². The van der Waals surface area contributed by atoms with E-state index < -0.39 is 0 Å². The number of anilines is 2. The van der Waals surface area contributed by atoms with Gasteiger partial charge in [-0.3, -0.25) is 15.0 Å². The first-order valence-corrected chi connectivity index (χ1v) is 13.1. The van der Waals surface area contributed by atoms with Gasteiger partial charge in [0.25, 0.3) is 5.69 Å². The first-order chi connectivity index (χ1) is 16.8. The van der Waals surface area contributed by atoms with Crippen molar-refractivity contribution in [1.29, 1.82) is 0 Å². The van der Waals surface area contributed by atoms with E-state index in [0.717, 1.165) is 69.3 Å². The molecule has 0 saturated carbocycles. The van der Waals surface area contributed by atoms with Crippen LogP contribution in [0.4, 0.5) is 17.1 Å². The summed E-state index contributed by atoms with van der Waals surface area (Å²) in [6.07, 6.45) is 2.02. The Morgan fingerprint density at radius 1 is 1.06 bits per heavy atom. The Kier molecular flexibility index (Phi) is 8.23. The molecule has 0 spiro atoms. The van der Waals surface area contributed by atoms with Gasteiger partial charge in [0, 0.05) is 80.8 Å². The molecule has 1 unspecified atom stereocenters. The molecule has 0 aliphatic carbocycles. The van der Waals surface area contributed by atoms with Gasteiger partial charge in [-0.05, 0) is 51.0 Å². The Bertz CT molecular complexity index is 1030. The zero-order chi connectivity index (χ0) is 24.9. The maximum absolute atomic E-state index is 11.0. The fourth-order valence-electron chi connectivity index (χ4n) is 5.15. The molecule has 35 heavy (non-hydrogen) atoms. The Labute approximate surface area is 214 Å². The van der Waals surface area contributed by atoms with Crippen molar-refractivity contribution >= 4 is 34.3 Å². The van der Waals surface area contributed by atoms with Crippen LogP contribution >= 0.6 is 12.2 Å². The standard InChI is InChI=1S/C27H37N5O2S/c1-20-4-7-25(8-5-20)30-16-14-29(15-17-30)19-22(3)27(35)31-12-10-23(11-13-31)28-24-6-9-26(32(33)34)21(2)18-24/h4-9,18,22-23,28H,10-17,19H2,1-3H3. The number of nitrogens with one attached hydrogen (secondary N) is 1. The van der Waals surface area contributed by atoms with Crippen LogP contribution < -0.4 is 10.2 Å². The van der Waals surface area contributed by atoms with Crippen molar-refractivity contribution < 1.29 is 4.92 Å². The number of piperidine rings is 1. The number of benzene rings is 2. The number of thiocarbonyl (C=S) groups is 1. The highest BCUT2D eigenvalue weighted by Gasteiger charge is 2.26. The molecule has 2 aromatic rings.